The first-order valence-corrected chi connectivity index (χ1v) is 12.3. The molecule has 36 heavy (non-hydrogen) atoms. The standard InChI is InChI=1S/C24H25N5O6S/c1-12-6-8-16(35-12)20(23(31)27-13-4-2-3-5-13)29(14-7-9-15-17(10-14)34-11-33-15)24(32)21-18(25)19(22(26)30)28-36-21/h6-10,13,20H,2-5,11,25H2,1H3,(H2,26,30)(H,27,31)/t20-/m1/s1. The van der Waals surface area contributed by atoms with Gasteiger partial charge in [0, 0.05) is 17.8 Å². The van der Waals surface area contributed by atoms with Crippen LogP contribution in [0, 0.1) is 6.92 Å². The Morgan fingerprint density at radius 1 is 1.14 bits per heavy atom. The molecule has 1 atom stereocenters. The van der Waals surface area contributed by atoms with Crippen LogP contribution in [-0.2, 0) is 4.79 Å². The number of benzene rings is 1. The fourth-order valence-corrected chi connectivity index (χ4v) is 5.22. The molecule has 0 radical (unpaired) electrons. The third-order valence-corrected chi connectivity index (χ3v) is 7.10. The number of carbonyl (C=O) groups excluding carboxylic acids is 3. The van der Waals surface area contributed by atoms with Crippen molar-refractivity contribution in [2.45, 2.75) is 44.7 Å². The second-order valence-corrected chi connectivity index (χ2v) is 9.47. The van der Waals surface area contributed by atoms with Crippen molar-refractivity contribution in [1.29, 1.82) is 0 Å². The molecule has 1 aliphatic heterocycles. The van der Waals surface area contributed by atoms with E-state index < -0.39 is 23.8 Å². The molecule has 2 aliphatic rings. The van der Waals surface area contributed by atoms with Crippen LogP contribution in [0.3, 0.4) is 0 Å². The molecule has 5 rings (SSSR count). The zero-order valence-electron chi connectivity index (χ0n) is 19.5. The number of nitrogens with zero attached hydrogens (tertiary/aromatic N) is 2. The maximum atomic E-state index is 14.0. The van der Waals surface area contributed by atoms with Crippen molar-refractivity contribution in [1.82, 2.24) is 9.69 Å². The summed E-state index contributed by atoms with van der Waals surface area (Å²) in [5, 5.41) is 3.07. The Balaban J connectivity index is 1.63. The number of amides is 3. The van der Waals surface area contributed by atoms with Gasteiger partial charge in [-0.15, -0.1) is 0 Å². The lowest BCUT2D eigenvalue weighted by molar-refractivity contribution is -0.123. The van der Waals surface area contributed by atoms with Crippen molar-refractivity contribution in [3.05, 3.63) is 52.4 Å². The number of nitrogen functional groups attached to an aromatic ring is 1. The van der Waals surface area contributed by atoms with Gasteiger partial charge in [-0.1, -0.05) is 12.8 Å². The predicted octanol–water partition coefficient (Wildman–Crippen LogP) is 2.90. The van der Waals surface area contributed by atoms with Gasteiger partial charge in [-0.2, -0.15) is 4.37 Å². The van der Waals surface area contributed by atoms with Gasteiger partial charge in [-0.05, 0) is 55.6 Å². The number of aromatic nitrogens is 1. The van der Waals surface area contributed by atoms with Crippen LogP contribution < -0.4 is 31.2 Å². The molecule has 0 unspecified atom stereocenters. The highest BCUT2D eigenvalue weighted by Crippen LogP contribution is 2.40. The molecule has 0 spiro atoms. The van der Waals surface area contributed by atoms with Crippen LogP contribution in [0.5, 0.6) is 11.5 Å². The van der Waals surface area contributed by atoms with Gasteiger partial charge in [0.05, 0.1) is 5.69 Å². The van der Waals surface area contributed by atoms with E-state index in [2.05, 4.69) is 9.69 Å². The maximum absolute atomic E-state index is 14.0. The molecule has 12 heteroatoms. The largest absolute Gasteiger partial charge is 0.464 e. The summed E-state index contributed by atoms with van der Waals surface area (Å²) in [6.45, 7) is 1.79. The molecule has 2 aromatic heterocycles. The Hall–Kier alpha value is -4.06. The van der Waals surface area contributed by atoms with E-state index in [-0.39, 0.29) is 34.9 Å². The number of rotatable bonds is 7. The second kappa shape index (κ2) is 9.53. The number of primary amides is 1. The third-order valence-electron chi connectivity index (χ3n) is 6.25. The minimum absolute atomic E-state index is 0.000275. The number of nitrogens with one attached hydrogen (secondary N) is 1. The normalized spacial score (nSPS) is 15.6. The average Bonchev–Trinajstić information content (AvgIpc) is 3.64. The molecular weight excluding hydrogens is 486 g/mol. The number of hydrogen-bond acceptors (Lipinski definition) is 9. The van der Waals surface area contributed by atoms with Gasteiger partial charge in [-0.3, -0.25) is 19.3 Å². The van der Waals surface area contributed by atoms with Crippen LogP contribution in [0.25, 0.3) is 0 Å². The lowest BCUT2D eigenvalue weighted by atomic mass is 10.1. The monoisotopic (exact) mass is 511 g/mol. The summed E-state index contributed by atoms with van der Waals surface area (Å²) in [6.07, 6.45) is 3.76. The summed E-state index contributed by atoms with van der Waals surface area (Å²) in [6, 6.07) is 7.11. The van der Waals surface area contributed by atoms with Gasteiger partial charge in [0.15, 0.2) is 23.2 Å². The Morgan fingerprint density at radius 3 is 2.56 bits per heavy atom. The van der Waals surface area contributed by atoms with Crippen LogP contribution in [0.4, 0.5) is 11.4 Å². The third kappa shape index (κ3) is 4.35. The maximum Gasteiger partial charge on any atom is 0.273 e. The first kappa shape index (κ1) is 23.7. The summed E-state index contributed by atoms with van der Waals surface area (Å²) in [5.74, 6) is -0.111. The number of anilines is 2. The molecule has 3 heterocycles. The van der Waals surface area contributed by atoms with Crippen LogP contribution >= 0.6 is 11.5 Å². The van der Waals surface area contributed by atoms with E-state index in [1.807, 2.05) is 0 Å². The zero-order valence-corrected chi connectivity index (χ0v) is 20.3. The molecule has 0 bridgehead atoms. The van der Waals surface area contributed by atoms with Gasteiger partial charge in [0.25, 0.3) is 17.7 Å². The summed E-state index contributed by atoms with van der Waals surface area (Å²) in [5.41, 5.74) is 11.5. The average molecular weight is 512 g/mol. The fourth-order valence-electron chi connectivity index (χ4n) is 4.48. The molecular formula is C24H25N5O6S. The fraction of sp³-hybridized carbons (Fsp3) is 0.333. The molecule has 188 valence electrons. The topological polar surface area (TPSA) is 163 Å². The SMILES string of the molecule is Cc1ccc([C@H](C(=O)NC2CCCC2)N(C(=O)c2snc(C(N)=O)c2N)c2ccc3c(c2)OCO3)o1. The summed E-state index contributed by atoms with van der Waals surface area (Å²) < 4.78 is 20.7. The smallest absolute Gasteiger partial charge is 0.273 e. The lowest BCUT2D eigenvalue weighted by Crippen LogP contribution is -2.46. The first-order chi connectivity index (χ1) is 17.3. The van der Waals surface area contributed by atoms with Gasteiger partial charge >= 0.3 is 0 Å². The predicted molar refractivity (Wildman–Crippen MR) is 131 cm³/mol. The number of nitrogens with two attached hydrogens (primary N) is 2. The van der Waals surface area contributed by atoms with E-state index in [0.717, 1.165) is 37.2 Å². The summed E-state index contributed by atoms with van der Waals surface area (Å²) >= 11 is 0.738. The van der Waals surface area contributed by atoms with Gasteiger partial charge in [0.2, 0.25) is 6.79 Å². The number of fused-ring (bicyclic) bond motifs is 1. The van der Waals surface area contributed by atoms with Crippen molar-refractivity contribution in [3.8, 4) is 11.5 Å². The summed E-state index contributed by atoms with van der Waals surface area (Å²) in [4.78, 5) is 40.8. The first-order valence-electron chi connectivity index (χ1n) is 11.5. The van der Waals surface area contributed by atoms with E-state index in [1.165, 1.54) is 4.90 Å². The van der Waals surface area contributed by atoms with Crippen molar-refractivity contribution < 1.29 is 28.3 Å². The molecule has 0 saturated heterocycles. The van der Waals surface area contributed by atoms with Crippen molar-refractivity contribution in [3.63, 3.8) is 0 Å². The number of carbonyl (C=O) groups is 3. The molecule has 1 aromatic carbocycles. The van der Waals surface area contributed by atoms with Crippen LogP contribution in [0.2, 0.25) is 0 Å². The van der Waals surface area contributed by atoms with Crippen LogP contribution in [0.15, 0.2) is 34.7 Å². The number of hydrogen-bond donors (Lipinski definition) is 3. The van der Waals surface area contributed by atoms with Crippen molar-refractivity contribution >= 4 is 40.6 Å². The Morgan fingerprint density at radius 2 is 1.89 bits per heavy atom. The minimum atomic E-state index is -1.18. The van der Waals surface area contributed by atoms with E-state index in [9.17, 15) is 14.4 Å². The lowest BCUT2D eigenvalue weighted by Gasteiger charge is -2.30. The molecule has 3 amide bonds. The Labute approximate surface area is 210 Å². The summed E-state index contributed by atoms with van der Waals surface area (Å²) in [7, 11) is 0. The van der Waals surface area contributed by atoms with Crippen molar-refractivity contribution in [2.24, 2.45) is 5.73 Å². The molecule has 1 aliphatic carbocycles. The van der Waals surface area contributed by atoms with Gasteiger partial charge < -0.3 is 30.7 Å². The van der Waals surface area contributed by atoms with Gasteiger partial charge in [0.1, 0.15) is 16.4 Å². The number of aryl methyl sites for hydroxylation is 1. The van der Waals surface area contributed by atoms with E-state index in [1.54, 1.807) is 37.3 Å². The highest BCUT2D eigenvalue weighted by atomic mass is 32.1. The van der Waals surface area contributed by atoms with E-state index in [0.29, 0.717) is 22.9 Å². The van der Waals surface area contributed by atoms with Crippen LogP contribution in [-0.4, -0.2) is 34.9 Å². The highest BCUT2D eigenvalue weighted by Gasteiger charge is 2.39. The van der Waals surface area contributed by atoms with Crippen molar-refractivity contribution in [2.75, 3.05) is 17.4 Å². The number of furan rings is 1. The Bertz CT molecular complexity index is 1330. The molecule has 5 N–H and O–H groups in total. The minimum Gasteiger partial charge on any atom is -0.464 e. The highest BCUT2D eigenvalue weighted by molar-refractivity contribution is 7.09. The van der Waals surface area contributed by atoms with E-state index in [4.69, 9.17) is 25.4 Å². The molecule has 1 fully saturated rings. The number of ether oxygens (including phenoxy) is 2. The Kier molecular flexibility index (Phi) is 6.27. The molecule has 3 aromatic rings. The second-order valence-electron chi connectivity index (χ2n) is 8.69. The molecule has 11 nitrogen and oxygen atoms in total. The van der Waals surface area contributed by atoms with E-state index >= 15 is 0 Å². The molecule has 1 saturated carbocycles. The zero-order chi connectivity index (χ0) is 25.4. The van der Waals surface area contributed by atoms with Crippen LogP contribution in [0.1, 0.15) is 63.4 Å². The quantitative estimate of drug-likeness (QED) is 0.436. The van der Waals surface area contributed by atoms with Gasteiger partial charge in [-0.25, -0.2) is 0 Å².